The SMILES string of the molecule is Clc1ccc(CN2CCc3nc(-c4ccncc4)ncc3C2)cc1Cl. The minimum atomic E-state index is 0.589. The minimum Gasteiger partial charge on any atom is -0.294 e. The lowest BCUT2D eigenvalue weighted by molar-refractivity contribution is 0.243. The summed E-state index contributed by atoms with van der Waals surface area (Å²) in [5.74, 6) is 0.763. The van der Waals surface area contributed by atoms with Gasteiger partial charge < -0.3 is 0 Å². The summed E-state index contributed by atoms with van der Waals surface area (Å²) in [6, 6.07) is 9.67. The van der Waals surface area contributed by atoms with Gasteiger partial charge in [-0.3, -0.25) is 9.88 Å². The van der Waals surface area contributed by atoms with Gasteiger partial charge in [-0.25, -0.2) is 9.97 Å². The molecule has 126 valence electrons. The first-order chi connectivity index (χ1) is 12.2. The Labute approximate surface area is 156 Å². The van der Waals surface area contributed by atoms with Crippen molar-refractivity contribution in [3.05, 3.63) is 75.8 Å². The van der Waals surface area contributed by atoms with Crippen molar-refractivity contribution in [1.29, 1.82) is 0 Å². The fraction of sp³-hybridized carbons (Fsp3) is 0.211. The zero-order valence-corrected chi connectivity index (χ0v) is 15.0. The molecule has 6 heteroatoms. The maximum Gasteiger partial charge on any atom is 0.159 e. The van der Waals surface area contributed by atoms with E-state index in [4.69, 9.17) is 28.2 Å². The predicted octanol–water partition coefficient (Wildman–Crippen LogP) is 4.40. The largest absolute Gasteiger partial charge is 0.294 e. The van der Waals surface area contributed by atoms with Gasteiger partial charge in [0.05, 0.1) is 15.7 Å². The normalized spacial score (nSPS) is 14.3. The summed E-state index contributed by atoms with van der Waals surface area (Å²) in [7, 11) is 0. The van der Waals surface area contributed by atoms with Gasteiger partial charge in [0.1, 0.15) is 0 Å². The highest BCUT2D eigenvalue weighted by Gasteiger charge is 2.19. The van der Waals surface area contributed by atoms with Crippen LogP contribution >= 0.6 is 23.2 Å². The van der Waals surface area contributed by atoms with Gasteiger partial charge in [0.2, 0.25) is 0 Å². The van der Waals surface area contributed by atoms with Gasteiger partial charge in [-0.2, -0.15) is 0 Å². The third kappa shape index (κ3) is 3.66. The Kier molecular flexibility index (Phi) is 4.66. The molecule has 0 N–H and O–H groups in total. The van der Waals surface area contributed by atoms with E-state index in [0.717, 1.165) is 48.7 Å². The third-order valence-corrected chi connectivity index (χ3v) is 5.08. The standard InChI is InChI=1S/C19H16Cl2N4/c20-16-2-1-13(9-17(16)21)11-25-8-5-18-15(12-25)10-23-19(24-18)14-3-6-22-7-4-14/h1-4,6-7,9-10H,5,8,11-12H2. The first-order valence-electron chi connectivity index (χ1n) is 8.10. The van der Waals surface area contributed by atoms with Crippen LogP contribution in [-0.2, 0) is 19.5 Å². The fourth-order valence-corrected chi connectivity index (χ4v) is 3.37. The Bertz CT molecular complexity index is 899. The summed E-state index contributed by atoms with van der Waals surface area (Å²) in [4.78, 5) is 15.7. The van der Waals surface area contributed by atoms with Crippen molar-refractivity contribution in [3.63, 3.8) is 0 Å². The molecule has 4 nitrogen and oxygen atoms in total. The summed E-state index contributed by atoms with van der Waals surface area (Å²) in [5.41, 5.74) is 4.47. The predicted molar refractivity (Wildman–Crippen MR) is 99.5 cm³/mol. The monoisotopic (exact) mass is 370 g/mol. The minimum absolute atomic E-state index is 0.589. The molecular formula is C19H16Cl2N4. The molecule has 0 saturated carbocycles. The summed E-state index contributed by atoms with van der Waals surface area (Å²) in [6.45, 7) is 2.63. The second-order valence-corrected chi connectivity index (χ2v) is 6.92. The Morgan fingerprint density at radius 3 is 2.68 bits per heavy atom. The van der Waals surface area contributed by atoms with Crippen molar-refractivity contribution in [2.24, 2.45) is 0 Å². The van der Waals surface area contributed by atoms with Crippen molar-refractivity contribution in [2.45, 2.75) is 19.5 Å². The van der Waals surface area contributed by atoms with Crippen molar-refractivity contribution in [1.82, 2.24) is 19.9 Å². The van der Waals surface area contributed by atoms with Gasteiger partial charge in [0.25, 0.3) is 0 Å². The third-order valence-electron chi connectivity index (χ3n) is 4.34. The molecule has 1 aliphatic rings. The van der Waals surface area contributed by atoms with Crippen LogP contribution in [0.25, 0.3) is 11.4 Å². The van der Waals surface area contributed by atoms with E-state index in [1.54, 1.807) is 12.4 Å². The van der Waals surface area contributed by atoms with Gasteiger partial charge in [-0.15, -0.1) is 0 Å². The topological polar surface area (TPSA) is 41.9 Å². The molecular weight excluding hydrogens is 355 g/mol. The molecule has 0 aliphatic carbocycles. The molecule has 0 atom stereocenters. The molecule has 25 heavy (non-hydrogen) atoms. The van der Waals surface area contributed by atoms with Crippen LogP contribution in [0.15, 0.2) is 48.9 Å². The van der Waals surface area contributed by atoms with E-state index in [1.807, 2.05) is 36.5 Å². The molecule has 0 spiro atoms. The molecule has 1 aliphatic heterocycles. The number of halogens is 2. The van der Waals surface area contributed by atoms with Crippen LogP contribution in [0.2, 0.25) is 10.0 Å². The van der Waals surface area contributed by atoms with Gasteiger partial charge in [-0.05, 0) is 29.8 Å². The average Bonchev–Trinajstić information content (AvgIpc) is 2.65. The van der Waals surface area contributed by atoms with Crippen LogP contribution < -0.4 is 0 Å². The molecule has 3 heterocycles. The van der Waals surface area contributed by atoms with E-state index in [9.17, 15) is 0 Å². The van der Waals surface area contributed by atoms with E-state index >= 15 is 0 Å². The molecule has 2 aromatic heterocycles. The van der Waals surface area contributed by atoms with E-state index < -0.39 is 0 Å². The first-order valence-corrected chi connectivity index (χ1v) is 8.86. The highest BCUT2D eigenvalue weighted by Crippen LogP contribution is 2.25. The number of pyridine rings is 1. The summed E-state index contributed by atoms with van der Waals surface area (Å²) in [5, 5.41) is 1.19. The maximum atomic E-state index is 6.11. The second-order valence-electron chi connectivity index (χ2n) is 6.11. The second kappa shape index (κ2) is 7.08. The van der Waals surface area contributed by atoms with E-state index in [-0.39, 0.29) is 0 Å². The fourth-order valence-electron chi connectivity index (χ4n) is 3.05. The van der Waals surface area contributed by atoms with Crippen LogP contribution in [-0.4, -0.2) is 26.4 Å². The summed E-state index contributed by atoms with van der Waals surface area (Å²) >= 11 is 12.1. The van der Waals surface area contributed by atoms with Crippen molar-refractivity contribution >= 4 is 23.2 Å². The number of nitrogens with zero attached hydrogens (tertiary/aromatic N) is 4. The number of benzene rings is 1. The Morgan fingerprint density at radius 1 is 1.04 bits per heavy atom. The first kappa shape index (κ1) is 16.5. The van der Waals surface area contributed by atoms with E-state index in [0.29, 0.717) is 10.0 Å². The average molecular weight is 371 g/mol. The lowest BCUT2D eigenvalue weighted by Crippen LogP contribution is -2.31. The molecule has 1 aromatic carbocycles. The molecule has 0 amide bonds. The van der Waals surface area contributed by atoms with Gasteiger partial charge in [-0.1, -0.05) is 29.3 Å². The summed E-state index contributed by atoms with van der Waals surface area (Å²) < 4.78 is 0. The Morgan fingerprint density at radius 2 is 1.88 bits per heavy atom. The van der Waals surface area contributed by atoms with Crippen LogP contribution in [0.3, 0.4) is 0 Å². The molecule has 4 rings (SSSR count). The number of hydrogen-bond donors (Lipinski definition) is 0. The highest BCUT2D eigenvalue weighted by molar-refractivity contribution is 6.42. The molecule has 0 saturated heterocycles. The quantitative estimate of drug-likeness (QED) is 0.684. The van der Waals surface area contributed by atoms with Crippen LogP contribution in [0.5, 0.6) is 0 Å². The number of fused-ring (bicyclic) bond motifs is 1. The molecule has 0 bridgehead atoms. The number of aromatic nitrogens is 3. The highest BCUT2D eigenvalue weighted by atomic mass is 35.5. The van der Waals surface area contributed by atoms with Crippen LogP contribution in [0, 0.1) is 0 Å². The van der Waals surface area contributed by atoms with Crippen molar-refractivity contribution in [3.8, 4) is 11.4 Å². The number of rotatable bonds is 3. The number of hydrogen-bond acceptors (Lipinski definition) is 4. The lowest BCUT2D eigenvalue weighted by Gasteiger charge is -2.28. The van der Waals surface area contributed by atoms with E-state index in [2.05, 4.69) is 14.9 Å². The van der Waals surface area contributed by atoms with Crippen LogP contribution in [0.4, 0.5) is 0 Å². The smallest absolute Gasteiger partial charge is 0.159 e. The van der Waals surface area contributed by atoms with Gasteiger partial charge in [0, 0.05) is 55.8 Å². The Hall–Kier alpha value is -2.01. The zero-order chi connectivity index (χ0) is 17.2. The molecule has 0 fully saturated rings. The van der Waals surface area contributed by atoms with Crippen molar-refractivity contribution < 1.29 is 0 Å². The Balaban J connectivity index is 1.51. The van der Waals surface area contributed by atoms with E-state index in [1.165, 1.54) is 5.56 Å². The lowest BCUT2D eigenvalue weighted by atomic mass is 10.1. The molecule has 3 aromatic rings. The summed E-state index contributed by atoms with van der Waals surface area (Å²) in [6.07, 6.45) is 6.38. The van der Waals surface area contributed by atoms with Gasteiger partial charge >= 0.3 is 0 Å². The molecule has 0 radical (unpaired) electrons. The van der Waals surface area contributed by atoms with Crippen LogP contribution in [0.1, 0.15) is 16.8 Å². The van der Waals surface area contributed by atoms with Gasteiger partial charge in [0.15, 0.2) is 5.82 Å². The van der Waals surface area contributed by atoms with Crippen molar-refractivity contribution in [2.75, 3.05) is 6.54 Å². The molecule has 0 unspecified atom stereocenters. The maximum absolute atomic E-state index is 6.11. The zero-order valence-electron chi connectivity index (χ0n) is 13.5.